The zero-order valence-electron chi connectivity index (χ0n) is 15.3. The predicted molar refractivity (Wildman–Crippen MR) is 104 cm³/mol. The molecule has 1 saturated heterocycles. The first-order valence-corrected chi connectivity index (χ1v) is 9.41. The monoisotopic (exact) mass is 350 g/mol. The van der Waals surface area contributed by atoms with Gasteiger partial charge in [-0.2, -0.15) is 0 Å². The van der Waals surface area contributed by atoms with Gasteiger partial charge in [-0.05, 0) is 36.1 Å². The minimum atomic E-state index is -0.109. The number of hydrogen-bond acceptors (Lipinski definition) is 2. The third-order valence-electron chi connectivity index (χ3n) is 4.88. The SMILES string of the molecule is CCC[C@@H](C(=O)NCc1ccc(N2CCCC2=O)cc1)c1ccccc1. The molecule has 0 bridgehead atoms. The maximum atomic E-state index is 12.7. The van der Waals surface area contributed by atoms with Crippen LogP contribution in [0.2, 0.25) is 0 Å². The predicted octanol–water partition coefficient (Wildman–Crippen LogP) is 4.01. The molecule has 0 radical (unpaired) electrons. The summed E-state index contributed by atoms with van der Waals surface area (Å²) in [6, 6.07) is 17.8. The number of carbonyl (C=O) groups excluding carboxylic acids is 2. The van der Waals surface area contributed by atoms with E-state index in [-0.39, 0.29) is 17.7 Å². The highest BCUT2D eigenvalue weighted by Gasteiger charge is 2.22. The molecule has 26 heavy (non-hydrogen) atoms. The third kappa shape index (κ3) is 4.31. The maximum absolute atomic E-state index is 12.7. The summed E-state index contributed by atoms with van der Waals surface area (Å²) in [7, 11) is 0. The van der Waals surface area contributed by atoms with E-state index in [2.05, 4.69) is 12.2 Å². The molecule has 1 aliphatic heterocycles. The summed E-state index contributed by atoms with van der Waals surface area (Å²) in [6.45, 7) is 3.40. The van der Waals surface area contributed by atoms with Crippen molar-refractivity contribution in [1.82, 2.24) is 5.32 Å². The van der Waals surface area contributed by atoms with Gasteiger partial charge in [-0.15, -0.1) is 0 Å². The van der Waals surface area contributed by atoms with Crippen LogP contribution >= 0.6 is 0 Å². The normalized spacial score (nSPS) is 15.1. The molecule has 1 fully saturated rings. The second-order valence-corrected chi connectivity index (χ2v) is 6.79. The summed E-state index contributed by atoms with van der Waals surface area (Å²) in [4.78, 5) is 26.3. The zero-order chi connectivity index (χ0) is 18.4. The molecule has 4 heteroatoms. The zero-order valence-corrected chi connectivity index (χ0v) is 15.3. The van der Waals surface area contributed by atoms with E-state index >= 15 is 0 Å². The van der Waals surface area contributed by atoms with E-state index < -0.39 is 0 Å². The molecule has 0 aromatic heterocycles. The summed E-state index contributed by atoms with van der Waals surface area (Å²) in [6.07, 6.45) is 3.36. The molecule has 2 aromatic rings. The lowest BCUT2D eigenvalue weighted by atomic mass is 9.93. The first kappa shape index (κ1) is 18.2. The second-order valence-electron chi connectivity index (χ2n) is 6.79. The van der Waals surface area contributed by atoms with Gasteiger partial charge in [-0.3, -0.25) is 9.59 Å². The van der Waals surface area contributed by atoms with Crippen molar-refractivity contribution >= 4 is 17.5 Å². The van der Waals surface area contributed by atoms with Gasteiger partial charge in [0.2, 0.25) is 11.8 Å². The third-order valence-corrected chi connectivity index (χ3v) is 4.88. The Hall–Kier alpha value is -2.62. The van der Waals surface area contributed by atoms with E-state index in [1.807, 2.05) is 59.5 Å². The van der Waals surface area contributed by atoms with Gasteiger partial charge in [0.05, 0.1) is 5.92 Å². The number of nitrogens with one attached hydrogen (secondary N) is 1. The van der Waals surface area contributed by atoms with E-state index in [0.29, 0.717) is 13.0 Å². The van der Waals surface area contributed by atoms with Crippen molar-refractivity contribution in [3.05, 3.63) is 65.7 Å². The Morgan fingerprint density at radius 2 is 1.85 bits per heavy atom. The van der Waals surface area contributed by atoms with E-state index in [1.54, 1.807) is 0 Å². The number of rotatable bonds is 7. The number of nitrogens with zero attached hydrogens (tertiary/aromatic N) is 1. The Morgan fingerprint density at radius 1 is 1.12 bits per heavy atom. The molecule has 136 valence electrons. The fourth-order valence-electron chi connectivity index (χ4n) is 3.45. The van der Waals surface area contributed by atoms with Crippen molar-refractivity contribution in [3.63, 3.8) is 0 Å². The molecule has 0 unspecified atom stereocenters. The van der Waals surface area contributed by atoms with Gasteiger partial charge in [-0.1, -0.05) is 55.8 Å². The summed E-state index contributed by atoms with van der Waals surface area (Å²) in [5.41, 5.74) is 3.04. The van der Waals surface area contributed by atoms with Crippen LogP contribution in [0.3, 0.4) is 0 Å². The fourth-order valence-corrected chi connectivity index (χ4v) is 3.45. The number of benzene rings is 2. The molecule has 2 aromatic carbocycles. The van der Waals surface area contributed by atoms with Crippen LogP contribution in [-0.2, 0) is 16.1 Å². The molecule has 0 aliphatic carbocycles. The van der Waals surface area contributed by atoms with Crippen LogP contribution < -0.4 is 10.2 Å². The largest absolute Gasteiger partial charge is 0.351 e. The molecule has 3 rings (SSSR count). The Bertz CT molecular complexity index is 740. The smallest absolute Gasteiger partial charge is 0.227 e. The average Bonchev–Trinajstić information content (AvgIpc) is 3.11. The molecule has 1 aliphatic rings. The van der Waals surface area contributed by atoms with Crippen LogP contribution in [0.25, 0.3) is 0 Å². The quantitative estimate of drug-likeness (QED) is 0.820. The number of anilines is 1. The van der Waals surface area contributed by atoms with Crippen LogP contribution in [0.1, 0.15) is 49.7 Å². The number of hydrogen-bond donors (Lipinski definition) is 1. The first-order valence-electron chi connectivity index (χ1n) is 9.41. The first-order chi connectivity index (χ1) is 12.7. The topological polar surface area (TPSA) is 49.4 Å². The van der Waals surface area contributed by atoms with Gasteiger partial charge >= 0.3 is 0 Å². The minimum Gasteiger partial charge on any atom is -0.351 e. The van der Waals surface area contributed by atoms with Crippen LogP contribution in [0.15, 0.2) is 54.6 Å². The van der Waals surface area contributed by atoms with E-state index in [9.17, 15) is 9.59 Å². The number of carbonyl (C=O) groups is 2. The van der Waals surface area contributed by atoms with Crippen LogP contribution in [0.5, 0.6) is 0 Å². The highest BCUT2D eigenvalue weighted by molar-refractivity contribution is 5.95. The Kier molecular flexibility index (Phi) is 6.05. The summed E-state index contributed by atoms with van der Waals surface area (Å²) < 4.78 is 0. The van der Waals surface area contributed by atoms with Gasteiger partial charge in [-0.25, -0.2) is 0 Å². The van der Waals surface area contributed by atoms with Crippen LogP contribution in [0, 0.1) is 0 Å². The summed E-state index contributed by atoms with van der Waals surface area (Å²) in [5.74, 6) is 0.149. The molecule has 2 amide bonds. The molecule has 1 N–H and O–H groups in total. The molecular weight excluding hydrogens is 324 g/mol. The van der Waals surface area contributed by atoms with Gasteiger partial charge in [0.25, 0.3) is 0 Å². The lowest BCUT2D eigenvalue weighted by molar-refractivity contribution is -0.123. The highest BCUT2D eigenvalue weighted by atomic mass is 16.2. The summed E-state index contributed by atoms with van der Waals surface area (Å²) >= 11 is 0. The Labute approximate surface area is 155 Å². The van der Waals surface area contributed by atoms with Crippen molar-refractivity contribution in [2.45, 2.75) is 45.1 Å². The minimum absolute atomic E-state index is 0.0665. The van der Waals surface area contributed by atoms with Gasteiger partial charge in [0.15, 0.2) is 0 Å². The fraction of sp³-hybridized carbons (Fsp3) is 0.364. The maximum Gasteiger partial charge on any atom is 0.227 e. The standard InChI is InChI=1S/C22H26N2O2/c1-2-7-20(18-8-4-3-5-9-18)22(26)23-16-17-11-13-19(14-12-17)24-15-6-10-21(24)25/h3-5,8-9,11-14,20H,2,6-7,10,15-16H2,1H3,(H,23,26)/t20-/m1/s1. The summed E-state index contributed by atoms with van der Waals surface area (Å²) in [5, 5.41) is 3.06. The van der Waals surface area contributed by atoms with E-state index in [1.165, 1.54) is 0 Å². The van der Waals surface area contributed by atoms with Crippen molar-refractivity contribution in [1.29, 1.82) is 0 Å². The van der Waals surface area contributed by atoms with Crippen molar-refractivity contribution in [2.75, 3.05) is 11.4 Å². The van der Waals surface area contributed by atoms with E-state index in [4.69, 9.17) is 0 Å². The number of amides is 2. The Morgan fingerprint density at radius 3 is 2.46 bits per heavy atom. The lowest BCUT2D eigenvalue weighted by Crippen LogP contribution is -2.29. The highest BCUT2D eigenvalue weighted by Crippen LogP contribution is 2.23. The molecule has 0 spiro atoms. The van der Waals surface area contributed by atoms with Gasteiger partial charge in [0, 0.05) is 25.2 Å². The second kappa shape index (κ2) is 8.65. The van der Waals surface area contributed by atoms with Gasteiger partial charge in [0.1, 0.15) is 0 Å². The molecule has 1 atom stereocenters. The molecule has 4 nitrogen and oxygen atoms in total. The van der Waals surface area contributed by atoms with Crippen molar-refractivity contribution < 1.29 is 9.59 Å². The average molecular weight is 350 g/mol. The van der Waals surface area contributed by atoms with Crippen molar-refractivity contribution in [2.24, 2.45) is 0 Å². The van der Waals surface area contributed by atoms with Gasteiger partial charge < -0.3 is 10.2 Å². The molecular formula is C22H26N2O2. The Balaban J connectivity index is 1.60. The molecule has 1 heterocycles. The van der Waals surface area contributed by atoms with E-state index in [0.717, 1.165) is 42.6 Å². The van der Waals surface area contributed by atoms with Crippen LogP contribution in [0.4, 0.5) is 5.69 Å². The molecule has 0 saturated carbocycles. The van der Waals surface area contributed by atoms with Crippen molar-refractivity contribution in [3.8, 4) is 0 Å². The van der Waals surface area contributed by atoms with Crippen LogP contribution in [-0.4, -0.2) is 18.4 Å². The lowest BCUT2D eigenvalue weighted by Gasteiger charge is -2.18.